The van der Waals surface area contributed by atoms with Gasteiger partial charge in [-0.15, -0.1) is 0 Å². The van der Waals surface area contributed by atoms with E-state index in [4.69, 9.17) is 4.74 Å². The third-order valence-electron chi connectivity index (χ3n) is 3.06. The molecule has 0 saturated carbocycles. The second-order valence-corrected chi connectivity index (χ2v) is 4.16. The predicted octanol–water partition coefficient (Wildman–Crippen LogP) is 2.35. The van der Waals surface area contributed by atoms with Crippen molar-refractivity contribution in [2.75, 3.05) is 13.2 Å². The summed E-state index contributed by atoms with van der Waals surface area (Å²) >= 11 is 0. The van der Waals surface area contributed by atoms with Gasteiger partial charge in [-0.2, -0.15) is 0 Å². The third-order valence-corrected chi connectivity index (χ3v) is 3.06. The van der Waals surface area contributed by atoms with Gasteiger partial charge in [-0.3, -0.25) is 0 Å². The maximum absolute atomic E-state index is 10.4. The number of hydrogen-bond donors (Lipinski definition) is 1. The Hall–Kier alpha value is -0.0800. The van der Waals surface area contributed by atoms with Crippen molar-refractivity contribution in [3.05, 3.63) is 0 Å². The molecule has 1 rings (SSSR count). The maximum Gasteiger partial charge on any atom is 0.0698 e. The van der Waals surface area contributed by atoms with Gasteiger partial charge in [0, 0.05) is 12.5 Å². The summed E-state index contributed by atoms with van der Waals surface area (Å²) in [7, 11) is 0. The number of hydrogen-bond acceptors (Lipinski definition) is 2. The van der Waals surface area contributed by atoms with Crippen molar-refractivity contribution in [2.24, 2.45) is 5.92 Å². The molecule has 0 bridgehead atoms. The molecule has 0 spiro atoms. The van der Waals surface area contributed by atoms with E-state index >= 15 is 0 Å². The van der Waals surface area contributed by atoms with E-state index in [-0.39, 0.29) is 0 Å². The van der Waals surface area contributed by atoms with Crippen LogP contribution in [-0.4, -0.2) is 23.9 Å². The van der Waals surface area contributed by atoms with E-state index in [2.05, 4.69) is 13.8 Å². The minimum atomic E-state index is -0.444. The van der Waals surface area contributed by atoms with Gasteiger partial charge in [0.05, 0.1) is 12.2 Å². The maximum atomic E-state index is 10.4. The van der Waals surface area contributed by atoms with Crippen LogP contribution in [-0.2, 0) is 4.74 Å². The van der Waals surface area contributed by atoms with Crippen molar-refractivity contribution in [3.8, 4) is 0 Å². The van der Waals surface area contributed by atoms with Crippen molar-refractivity contribution >= 4 is 0 Å². The first-order valence-corrected chi connectivity index (χ1v) is 5.53. The van der Waals surface area contributed by atoms with Crippen molar-refractivity contribution in [3.63, 3.8) is 0 Å². The molecule has 0 aliphatic carbocycles. The average molecular weight is 186 g/mol. The van der Waals surface area contributed by atoms with Crippen LogP contribution in [0.25, 0.3) is 0 Å². The molecular formula is C11H22O2. The highest BCUT2D eigenvalue weighted by molar-refractivity contribution is 4.87. The second-order valence-electron chi connectivity index (χ2n) is 4.16. The van der Waals surface area contributed by atoms with Gasteiger partial charge in [-0.25, -0.2) is 0 Å². The summed E-state index contributed by atoms with van der Waals surface area (Å²) in [4.78, 5) is 0. The molecule has 1 N–H and O–H groups in total. The number of rotatable bonds is 5. The summed E-state index contributed by atoms with van der Waals surface area (Å²) in [5.41, 5.74) is -0.444. The van der Waals surface area contributed by atoms with E-state index in [1.54, 1.807) is 0 Å². The molecule has 1 aliphatic heterocycles. The van der Waals surface area contributed by atoms with Gasteiger partial charge in [-0.05, 0) is 19.3 Å². The Balaban J connectivity index is 2.52. The molecule has 2 heteroatoms. The van der Waals surface area contributed by atoms with Gasteiger partial charge in [0.2, 0.25) is 0 Å². The lowest BCUT2D eigenvalue weighted by Gasteiger charge is -2.32. The van der Waals surface area contributed by atoms with Crippen molar-refractivity contribution < 1.29 is 9.84 Å². The molecule has 1 atom stereocenters. The predicted molar refractivity (Wildman–Crippen MR) is 53.7 cm³/mol. The molecule has 1 heterocycles. The molecule has 0 aromatic carbocycles. The van der Waals surface area contributed by atoms with Crippen LogP contribution in [0.4, 0.5) is 0 Å². The van der Waals surface area contributed by atoms with Gasteiger partial charge in [0.25, 0.3) is 0 Å². The van der Waals surface area contributed by atoms with Crippen LogP contribution in [0.15, 0.2) is 0 Å². The largest absolute Gasteiger partial charge is 0.390 e. The molecule has 0 radical (unpaired) electrons. The summed E-state index contributed by atoms with van der Waals surface area (Å²) in [6, 6.07) is 0. The van der Waals surface area contributed by atoms with Crippen LogP contribution in [0, 0.1) is 5.92 Å². The van der Waals surface area contributed by atoms with Crippen molar-refractivity contribution in [1.29, 1.82) is 0 Å². The van der Waals surface area contributed by atoms with E-state index in [0.29, 0.717) is 5.92 Å². The third kappa shape index (κ3) is 2.68. The summed E-state index contributed by atoms with van der Waals surface area (Å²) < 4.78 is 5.34. The Morgan fingerprint density at radius 3 is 2.31 bits per heavy atom. The Morgan fingerprint density at radius 2 is 1.92 bits per heavy atom. The molecule has 1 fully saturated rings. The highest BCUT2D eigenvalue weighted by Gasteiger charge is 2.37. The molecule has 1 saturated heterocycles. The van der Waals surface area contributed by atoms with Crippen LogP contribution < -0.4 is 0 Å². The van der Waals surface area contributed by atoms with Gasteiger partial charge in [0.1, 0.15) is 0 Å². The first-order valence-electron chi connectivity index (χ1n) is 5.53. The zero-order valence-electron chi connectivity index (χ0n) is 8.88. The smallest absolute Gasteiger partial charge is 0.0698 e. The van der Waals surface area contributed by atoms with Crippen molar-refractivity contribution in [1.82, 2.24) is 0 Å². The first kappa shape index (κ1) is 11.0. The SMILES string of the molecule is CCCC(O)(CCC)C1CCOC1. The Morgan fingerprint density at radius 1 is 1.31 bits per heavy atom. The van der Waals surface area contributed by atoms with Crippen LogP contribution >= 0.6 is 0 Å². The van der Waals surface area contributed by atoms with Gasteiger partial charge < -0.3 is 9.84 Å². The standard InChI is InChI=1S/C11H22O2/c1-3-6-11(12,7-4-2)10-5-8-13-9-10/h10,12H,3-9H2,1-2H3. The van der Waals surface area contributed by atoms with E-state index in [1.807, 2.05) is 0 Å². The van der Waals surface area contributed by atoms with Gasteiger partial charge >= 0.3 is 0 Å². The minimum Gasteiger partial charge on any atom is -0.390 e. The topological polar surface area (TPSA) is 29.5 Å². The highest BCUT2D eigenvalue weighted by Crippen LogP contribution is 2.33. The zero-order chi connectivity index (χ0) is 9.73. The summed E-state index contributed by atoms with van der Waals surface area (Å²) in [6.07, 6.45) is 5.01. The normalized spacial score (nSPS) is 23.8. The summed E-state index contributed by atoms with van der Waals surface area (Å²) in [5.74, 6) is 0.382. The molecule has 78 valence electrons. The van der Waals surface area contributed by atoms with E-state index in [1.165, 1.54) is 0 Å². The molecule has 0 aromatic heterocycles. The van der Waals surface area contributed by atoms with Crippen LogP contribution in [0.1, 0.15) is 46.0 Å². The molecule has 0 aromatic rings. The lowest BCUT2D eigenvalue weighted by atomic mass is 9.80. The fraction of sp³-hybridized carbons (Fsp3) is 1.00. The van der Waals surface area contributed by atoms with Crippen LogP contribution in [0.3, 0.4) is 0 Å². The van der Waals surface area contributed by atoms with Crippen LogP contribution in [0.2, 0.25) is 0 Å². The monoisotopic (exact) mass is 186 g/mol. The lowest BCUT2D eigenvalue weighted by Crippen LogP contribution is -2.38. The first-order chi connectivity index (χ1) is 6.23. The molecule has 0 amide bonds. The second kappa shape index (κ2) is 4.97. The van der Waals surface area contributed by atoms with Crippen LogP contribution in [0.5, 0.6) is 0 Å². The fourth-order valence-electron chi connectivity index (χ4n) is 2.36. The summed E-state index contributed by atoms with van der Waals surface area (Å²) in [5, 5.41) is 10.4. The Bertz CT molecular complexity index is 133. The highest BCUT2D eigenvalue weighted by atomic mass is 16.5. The Kier molecular flexibility index (Phi) is 4.20. The average Bonchev–Trinajstić information content (AvgIpc) is 2.57. The minimum absolute atomic E-state index is 0.382. The Labute approximate surface area is 81.3 Å². The number of ether oxygens (including phenoxy) is 1. The van der Waals surface area contributed by atoms with E-state index < -0.39 is 5.60 Å². The van der Waals surface area contributed by atoms with Gasteiger partial charge in [-0.1, -0.05) is 26.7 Å². The molecular weight excluding hydrogens is 164 g/mol. The van der Waals surface area contributed by atoms with E-state index in [9.17, 15) is 5.11 Å². The zero-order valence-corrected chi connectivity index (χ0v) is 8.88. The molecule has 2 nitrogen and oxygen atoms in total. The summed E-state index contributed by atoms with van der Waals surface area (Å²) in [6.45, 7) is 5.86. The number of aliphatic hydroxyl groups is 1. The molecule has 1 aliphatic rings. The quantitative estimate of drug-likeness (QED) is 0.714. The van der Waals surface area contributed by atoms with Crippen molar-refractivity contribution in [2.45, 2.75) is 51.6 Å². The van der Waals surface area contributed by atoms with E-state index in [0.717, 1.165) is 45.3 Å². The fourth-order valence-corrected chi connectivity index (χ4v) is 2.36. The molecule has 13 heavy (non-hydrogen) atoms. The molecule has 1 unspecified atom stereocenters. The lowest BCUT2D eigenvalue weighted by molar-refractivity contribution is -0.0372. The van der Waals surface area contributed by atoms with Gasteiger partial charge in [0.15, 0.2) is 0 Å².